The highest BCUT2D eigenvalue weighted by molar-refractivity contribution is 7.92. The quantitative estimate of drug-likeness (QED) is 0.762. The number of para-hydroxylation sites is 2. The number of methoxy groups -OCH3 is 1. The first-order valence-electron chi connectivity index (χ1n) is 6.67. The summed E-state index contributed by atoms with van der Waals surface area (Å²) in [5.74, 6) is -0.242. The number of anilines is 1. The van der Waals surface area contributed by atoms with Gasteiger partial charge in [-0.3, -0.25) is 14.4 Å². The van der Waals surface area contributed by atoms with Gasteiger partial charge in [-0.25, -0.2) is 13.9 Å². The number of sulfonamides is 1. The average molecular weight is 371 g/mol. The molecule has 0 aromatic heterocycles. The molecule has 0 saturated carbocycles. The number of hydroxylamine groups is 1. The molecular formula is C15H15ClN2O5S. The van der Waals surface area contributed by atoms with E-state index in [-0.39, 0.29) is 21.2 Å². The van der Waals surface area contributed by atoms with Crippen LogP contribution in [0.4, 0.5) is 5.69 Å². The van der Waals surface area contributed by atoms with E-state index >= 15 is 0 Å². The van der Waals surface area contributed by atoms with Gasteiger partial charge in [-0.15, -0.1) is 0 Å². The molecule has 128 valence electrons. The second kappa shape index (κ2) is 7.52. The van der Waals surface area contributed by atoms with E-state index in [9.17, 15) is 13.2 Å². The molecular weight excluding hydrogens is 356 g/mol. The molecule has 0 saturated heterocycles. The maximum atomic E-state index is 12.6. The molecule has 2 aromatic carbocycles. The predicted molar refractivity (Wildman–Crippen MR) is 89.7 cm³/mol. The zero-order valence-corrected chi connectivity index (χ0v) is 14.4. The first-order valence-corrected chi connectivity index (χ1v) is 8.54. The van der Waals surface area contributed by atoms with E-state index in [2.05, 4.69) is 15.0 Å². The van der Waals surface area contributed by atoms with Gasteiger partial charge in [0.25, 0.3) is 15.9 Å². The molecule has 7 nitrogen and oxygen atoms in total. The number of ether oxygens (including phenoxy) is 1. The van der Waals surface area contributed by atoms with E-state index in [1.54, 1.807) is 24.3 Å². The van der Waals surface area contributed by atoms with Crippen LogP contribution >= 0.6 is 11.6 Å². The Labute approximate surface area is 144 Å². The van der Waals surface area contributed by atoms with Crippen LogP contribution in [0.1, 0.15) is 10.4 Å². The largest absolute Gasteiger partial charge is 0.495 e. The summed E-state index contributed by atoms with van der Waals surface area (Å²) in [6.07, 6.45) is 0. The van der Waals surface area contributed by atoms with Crippen LogP contribution in [0, 0.1) is 0 Å². The van der Waals surface area contributed by atoms with Crippen LogP contribution in [0.3, 0.4) is 0 Å². The molecule has 2 rings (SSSR count). The molecule has 0 aliphatic carbocycles. The van der Waals surface area contributed by atoms with Gasteiger partial charge >= 0.3 is 0 Å². The SMILES string of the molecule is CONC(=O)c1ccc(Cl)c(S(=O)(=O)Nc2ccccc2OC)c1. The summed E-state index contributed by atoms with van der Waals surface area (Å²) in [6.45, 7) is 0. The van der Waals surface area contributed by atoms with Crippen LogP contribution in [0.15, 0.2) is 47.4 Å². The molecule has 2 N–H and O–H groups in total. The predicted octanol–water partition coefficient (Wildman–Crippen LogP) is 2.44. The van der Waals surface area contributed by atoms with Crippen molar-refractivity contribution in [3.05, 3.63) is 53.1 Å². The molecule has 24 heavy (non-hydrogen) atoms. The number of hydrogen-bond acceptors (Lipinski definition) is 5. The smallest absolute Gasteiger partial charge is 0.274 e. The minimum Gasteiger partial charge on any atom is -0.495 e. The minimum absolute atomic E-state index is 0.0219. The fourth-order valence-corrected chi connectivity index (χ4v) is 3.53. The van der Waals surface area contributed by atoms with Crippen molar-refractivity contribution in [2.45, 2.75) is 4.90 Å². The topological polar surface area (TPSA) is 93.7 Å². The Hall–Kier alpha value is -2.29. The van der Waals surface area contributed by atoms with Crippen molar-refractivity contribution >= 4 is 33.2 Å². The maximum absolute atomic E-state index is 12.6. The van der Waals surface area contributed by atoms with Crippen molar-refractivity contribution in [2.24, 2.45) is 0 Å². The van der Waals surface area contributed by atoms with Gasteiger partial charge in [0.05, 0.1) is 24.9 Å². The molecule has 0 unspecified atom stereocenters. The van der Waals surface area contributed by atoms with Crippen molar-refractivity contribution in [2.75, 3.05) is 18.9 Å². The fourth-order valence-electron chi connectivity index (χ4n) is 1.93. The van der Waals surface area contributed by atoms with E-state index < -0.39 is 15.9 Å². The molecule has 0 radical (unpaired) electrons. The van der Waals surface area contributed by atoms with Crippen LogP contribution in [-0.4, -0.2) is 28.5 Å². The second-order valence-electron chi connectivity index (χ2n) is 4.59. The Balaban J connectivity index is 2.42. The van der Waals surface area contributed by atoms with E-state index in [1.165, 1.54) is 26.4 Å². The zero-order chi connectivity index (χ0) is 17.7. The molecule has 0 bridgehead atoms. The molecule has 0 fully saturated rings. The molecule has 0 heterocycles. The highest BCUT2D eigenvalue weighted by atomic mass is 35.5. The lowest BCUT2D eigenvalue weighted by atomic mass is 10.2. The number of carbonyl (C=O) groups excluding carboxylic acids is 1. The number of carbonyl (C=O) groups is 1. The van der Waals surface area contributed by atoms with Crippen molar-refractivity contribution in [3.63, 3.8) is 0 Å². The second-order valence-corrected chi connectivity index (χ2v) is 6.64. The van der Waals surface area contributed by atoms with Crippen molar-refractivity contribution in [1.29, 1.82) is 0 Å². The Morgan fingerprint density at radius 3 is 2.50 bits per heavy atom. The summed E-state index contributed by atoms with van der Waals surface area (Å²) in [6, 6.07) is 10.4. The van der Waals surface area contributed by atoms with E-state index in [4.69, 9.17) is 16.3 Å². The summed E-state index contributed by atoms with van der Waals surface area (Å²) in [5, 5.41) is -0.0219. The van der Waals surface area contributed by atoms with Crippen molar-refractivity contribution in [1.82, 2.24) is 5.48 Å². The number of hydrogen-bond donors (Lipinski definition) is 2. The minimum atomic E-state index is -4.03. The lowest BCUT2D eigenvalue weighted by Crippen LogP contribution is -2.22. The van der Waals surface area contributed by atoms with E-state index in [0.717, 1.165) is 6.07 Å². The van der Waals surface area contributed by atoms with Gasteiger partial charge in [-0.05, 0) is 30.3 Å². The van der Waals surface area contributed by atoms with Gasteiger partial charge < -0.3 is 4.74 Å². The molecule has 0 spiro atoms. The van der Waals surface area contributed by atoms with Crippen LogP contribution in [0.2, 0.25) is 5.02 Å². The standard InChI is InChI=1S/C15H15ClN2O5S/c1-22-13-6-4-3-5-12(13)18-24(20,21)14-9-10(7-8-11(14)16)15(19)17-23-2/h3-9,18H,1-2H3,(H,17,19). The van der Waals surface area contributed by atoms with Gasteiger partial charge in [0.15, 0.2) is 0 Å². The third-order valence-corrected chi connectivity index (χ3v) is 4.88. The molecule has 0 aliphatic heterocycles. The van der Waals surface area contributed by atoms with Gasteiger partial charge in [0.1, 0.15) is 10.6 Å². The van der Waals surface area contributed by atoms with Crippen molar-refractivity contribution < 1.29 is 22.8 Å². The lowest BCUT2D eigenvalue weighted by molar-refractivity contribution is 0.0537. The summed E-state index contributed by atoms with van der Waals surface area (Å²) in [7, 11) is -1.33. The molecule has 1 amide bonds. The normalized spacial score (nSPS) is 11.0. The summed E-state index contributed by atoms with van der Waals surface area (Å²) < 4.78 is 32.7. The number of benzene rings is 2. The Bertz CT molecular complexity index is 855. The van der Waals surface area contributed by atoms with Gasteiger partial charge in [0.2, 0.25) is 0 Å². The number of halogens is 1. The first-order chi connectivity index (χ1) is 11.4. The Kier molecular flexibility index (Phi) is 5.66. The lowest BCUT2D eigenvalue weighted by Gasteiger charge is -2.13. The monoisotopic (exact) mass is 370 g/mol. The first kappa shape index (κ1) is 18.1. The summed E-state index contributed by atoms with van der Waals surface area (Å²) in [5.41, 5.74) is 2.45. The highest BCUT2D eigenvalue weighted by Crippen LogP contribution is 2.29. The van der Waals surface area contributed by atoms with Crippen LogP contribution < -0.4 is 14.9 Å². The van der Waals surface area contributed by atoms with E-state index in [1.807, 2.05) is 0 Å². The molecule has 2 aromatic rings. The van der Waals surface area contributed by atoms with Crippen molar-refractivity contribution in [3.8, 4) is 5.75 Å². The Morgan fingerprint density at radius 1 is 1.12 bits per heavy atom. The number of nitrogens with one attached hydrogen (secondary N) is 2. The third kappa shape index (κ3) is 3.97. The molecule has 9 heteroatoms. The molecule has 0 aliphatic rings. The van der Waals surface area contributed by atoms with Gasteiger partial charge in [-0.1, -0.05) is 23.7 Å². The van der Waals surface area contributed by atoms with Crippen LogP contribution in [-0.2, 0) is 14.9 Å². The highest BCUT2D eigenvalue weighted by Gasteiger charge is 2.21. The van der Waals surface area contributed by atoms with Gasteiger partial charge in [0, 0.05) is 5.56 Å². The fraction of sp³-hybridized carbons (Fsp3) is 0.133. The summed E-state index contributed by atoms with van der Waals surface area (Å²) >= 11 is 5.99. The van der Waals surface area contributed by atoms with Crippen LogP contribution in [0.5, 0.6) is 5.75 Å². The maximum Gasteiger partial charge on any atom is 0.274 e. The average Bonchev–Trinajstić information content (AvgIpc) is 2.55. The number of rotatable bonds is 6. The van der Waals surface area contributed by atoms with Crippen LogP contribution in [0.25, 0.3) is 0 Å². The Morgan fingerprint density at radius 2 is 1.83 bits per heavy atom. The molecule has 0 atom stereocenters. The summed E-state index contributed by atoms with van der Waals surface area (Å²) in [4.78, 5) is 16.1. The zero-order valence-electron chi connectivity index (χ0n) is 12.9. The third-order valence-electron chi connectivity index (χ3n) is 3.03. The van der Waals surface area contributed by atoms with Gasteiger partial charge in [-0.2, -0.15) is 0 Å². The van der Waals surface area contributed by atoms with E-state index in [0.29, 0.717) is 5.75 Å². The number of amides is 1.